The van der Waals surface area contributed by atoms with Crippen molar-refractivity contribution in [3.63, 3.8) is 0 Å². The number of likely N-dealkylation sites (tertiary alicyclic amines) is 1. The highest BCUT2D eigenvalue weighted by atomic mass is 16.2. The second-order valence-electron chi connectivity index (χ2n) is 7.88. The Kier molecular flexibility index (Phi) is 7.72. The van der Waals surface area contributed by atoms with Crippen molar-refractivity contribution < 1.29 is 4.79 Å². The second-order valence-corrected chi connectivity index (χ2v) is 7.88. The monoisotopic (exact) mass is 296 g/mol. The summed E-state index contributed by atoms with van der Waals surface area (Å²) in [4.78, 5) is 14.1. The van der Waals surface area contributed by atoms with Crippen molar-refractivity contribution in [2.24, 2.45) is 17.8 Å². The Labute approximate surface area is 131 Å². The summed E-state index contributed by atoms with van der Waals surface area (Å²) in [5.41, 5.74) is 0. The van der Waals surface area contributed by atoms with Gasteiger partial charge in [-0.2, -0.15) is 0 Å². The predicted octanol–water partition coefficient (Wildman–Crippen LogP) is 3.68. The lowest BCUT2D eigenvalue weighted by Crippen LogP contribution is -2.49. The van der Waals surface area contributed by atoms with E-state index in [1.807, 2.05) is 18.7 Å². The largest absolute Gasteiger partial charge is 0.342 e. The minimum atomic E-state index is 0.129. The van der Waals surface area contributed by atoms with Gasteiger partial charge in [-0.05, 0) is 37.5 Å². The maximum atomic E-state index is 12.0. The average Bonchev–Trinajstić information content (AvgIpc) is 2.37. The maximum Gasteiger partial charge on any atom is 0.225 e. The van der Waals surface area contributed by atoms with Gasteiger partial charge in [-0.25, -0.2) is 0 Å². The number of nitrogens with zero attached hydrogens (tertiary/aromatic N) is 1. The average molecular weight is 296 g/mol. The van der Waals surface area contributed by atoms with Crippen LogP contribution in [0, 0.1) is 17.8 Å². The second kappa shape index (κ2) is 8.77. The van der Waals surface area contributed by atoms with Crippen LogP contribution in [0.2, 0.25) is 0 Å². The summed E-state index contributed by atoms with van der Waals surface area (Å²) in [5.74, 6) is 1.92. The lowest BCUT2D eigenvalue weighted by molar-refractivity contribution is -0.135. The number of rotatable bonds is 7. The maximum absolute atomic E-state index is 12.0. The third-order valence-corrected chi connectivity index (χ3v) is 4.28. The summed E-state index contributed by atoms with van der Waals surface area (Å²) in [5, 5.41) is 3.87. The zero-order valence-electron chi connectivity index (χ0n) is 15.0. The van der Waals surface area contributed by atoms with Gasteiger partial charge in [-0.3, -0.25) is 4.79 Å². The molecule has 0 bridgehead atoms. The summed E-state index contributed by atoms with van der Waals surface area (Å²) in [7, 11) is 0. The minimum absolute atomic E-state index is 0.129. The number of hydrogen-bond donors (Lipinski definition) is 1. The Morgan fingerprint density at radius 1 is 1.00 bits per heavy atom. The third-order valence-electron chi connectivity index (χ3n) is 4.28. The molecule has 0 aliphatic carbocycles. The van der Waals surface area contributed by atoms with E-state index in [4.69, 9.17) is 0 Å². The third kappa shape index (κ3) is 6.82. The van der Waals surface area contributed by atoms with E-state index in [0.29, 0.717) is 18.0 Å². The Morgan fingerprint density at radius 2 is 1.48 bits per heavy atom. The van der Waals surface area contributed by atoms with Gasteiger partial charge in [0, 0.05) is 31.1 Å². The van der Waals surface area contributed by atoms with Crippen molar-refractivity contribution in [1.82, 2.24) is 10.2 Å². The topological polar surface area (TPSA) is 32.3 Å². The molecule has 1 N–H and O–H groups in total. The molecule has 0 aromatic carbocycles. The fraction of sp³-hybridized carbons (Fsp3) is 0.944. The van der Waals surface area contributed by atoms with Crippen LogP contribution < -0.4 is 5.32 Å². The molecule has 3 nitrogen and oxygen atoms in total. The Hall–Kier alpha value is -0.570. The first kappa shape index (κ1) is 18.5. The summed E-state index contributed by atoms with van der Waals surface area (Å²) >= 11 is 0. The van der Waals surface area contributed by atoms with Crippen LogP contribution in [-0.4, -0.2) is 36.0 Å². The molecule has 1 aliphatic rings. The lowest BCUT2D eigenvalue weighted by Gasteiger charge is -2.36. The van der Waals surface area contributed by atoms with E-state index in [1.165, 1.54) is 12.8 Å². The van der Waals surface area contributed by atoms with Gasteiger partial charge < -0.3 is 10.2 Å². The van der Waals surface area contributed by atoms with Gasteiger partial charge in [0.05, 0.1) is 0 Å². The van der Waals surface area contributed by atoms with E-state index in [-0.39, 0.29) is 5.92 Å². The molecule has 1 fully saturated rings. The summed E-state index contributed by atoms with van der Waals surface area (Å²) in [6.45, 7) is 15.0. The fourth-order valence-electron chi connectivity index (χ4n) is 3.34. The van der Waals surface area contributed by atoms with E-state index in [2.05, 4.69) is 33.0 Å². The number of nitrogens with one attached hydrogen (secondary N) is 1. The molecule has 21 heavy (non-hydrogen) atoms. The normalized spacial score (nSPS) is 17.5. The molecule has 0 unspecified atom stereocenters. The summed E-state index contributed by atoms with van der Waals surface area (Å²) in [6, 6.07) is 1.21. The van der Waals surface area contributed by atoms with E-state index in [1.54, 1.807) is 0 Å². The molecule has 1 saturated heterocycles. The highest BCUT2D eigenvalue weighted by Gasteiger charge is 2.26. The van der Waals surface area contributed by atoms with Crippen molar-refractivity contribution in [3.05, 3.63) is 0 Å². The lowest BCUT2D eigenvalue weighted by atomic mass is 9.93. The van der Waals surface area contributed by atoms with Gasteiger partial charge >= 0.3 is 0 Å². The molecule has 0 aromatic heterocycles. The van der Waals surface area contributed by atoms with Gasteiger partial charge in [0.2, 0.25) is 5.91 Å². The molecular weight excluding hydrogens is 260 g/mol. The molecule has 1 rings (SSSR count). The molecule has 0 aromatic rings. The van der Waals surface area contributed by atoms with E-state index >= 15 is 0 Å². The van der Waals surface area contributed by atoms with Crippen molar-refractivity contribution in [2.45, 2.75) is 79.3 Å². The van der Waals surface area contributed by atoms with Crippen LogP contribution in [-0.2, 0) is 4.79 Å². The standard InChI is InChI=1S/C18H36N2O/c1-13(2)11-17(12-14(3)4)19-16-7-9-20(10-8-16)18(21)15(5)6/h13-17,19H,7-12H2,1-6H3. The van der Waals surface area contributed by atoms with Gasteiger partial charge in [-0.1, -0.05) is 41.5 Å². The molecule has 1 aliphatic heterocycles. The van der Waals surface area contributed by atoms with E-state index in [9.17, 15) is 4.79 Å². The first-order valence-electron chi connectivity index (χ1n) is 8.84. The van der Waals surface area contributed by atoms with Crippen LogP contribution in [0.3, 0.4) is 0 Å². The molecule has 0 spiro atoms. The molecule has 124 valence electrons. The zero-order chi connectivity index (χ0) is 16.0. The molecular formula is C18H36N2O. The van der Waals surface area contributed by atoms with E-state index < -0.39 is 0 Å². The SMILES string of the molecule is CC(C)CC(CC(C)C)NC1CCN(C(=O)C(C)C)CC1. The van der Waals surface area contributed by atoms with Crippen LogP contribution in [0.25, 0.3) is 0 Å². The molecule has 0 radical (unpaired) electrons. The van der Waals surface area contributed by atoms with Crippen LogP contribution in [0.15, 0.2) is 0 Å². The fourth-order valence-corrected chi connectivity index (χ4v) is 3.34. The molecule has 0 saturated carbocycles. The van der Waals surface area contributed by atoms with Gasteiger partial charge in [-0.15, -0.1) is 0 Å². The van der Waals surface area contributed by atoms with Crippen molar-refractivity contribution in [2.75, 3.05) is 13.1 Å². The number of carbonyl (C=O) groups excluding carboxylic acids is 1. The summed E-state index contributed by atoms with van der Waals surface area (Å²) < 4.78 is 0. The number of amides is 1. The highest BCUT2D eigenvalue weighted by Crippen LogP contribution is 2.18. The van der Waals surface area contributed by atoms with Crippen LogP contribution in [0.5, 0.6) is 0 Å². The highest BCUT2D eigenvalue weighted by molar-refractivity contribution is 5.78. The zero-order valence-corrected chi connectivity index (χ0v) is 15.0. The Balaban J connectivity index is 2.43. The Morgan fingerprint density at radius 3 is 1.86 bits per heavy atom. The smallest absolute Gasteiger partial charge is 0.225 e. The Bertz CT molecular complexity index is 294. The number of hydrogen-bond acceptors (Lipinski definition) is 2. The van der Waals surface area contributed by atoms with Gasteiger partial charge in [0.25, 0.3) is 0 Å². The van der Waals surface area contributed by atoms with Crippen molar-refractivity contribution >= 4 is 5.91 Å². The molecule has 1 amide bonds. The molecule has 3 heteroatoms. The number of piperidine rings is 1. The first-order chi connectivity index (χ1) is 9.79. The van der Waals surface area contributed by atoms with Crippen LogP contribution >= 0.6 is 0 Å². The minimum Gasteiger partial charge on any atom is -0.342 e. The van der Waals surface area contributed by atoms with Crippen LogP contribution in [0.1, 0.15) is 67.2 Å². The van der Waals surface area contributed by atoms with Crippen LogP contribution in [0.4, 0.5) is 0 Å². The summed E-state index contributed by atoms with van der Waals surface area (Å²) in [6.07, 6.45) is 4.71. The molecule has 0 atom stereocenters. The van der Waals surface area contributed by atoms with E-state index in [0.717, 1.165) is 37.8 Å². The first-order valence-corrected chi connectivity index (χ1v) is 8.84. The van der Waals surface area contributed by atoms with Gasteiger partial charge in [0.1, 0.15) is 0 Å². The molecule has 1 heterocycles. The predicted molar refractivity (Wildman–Crippen MR) is 90.3 cm³/mol. The van der Waals surface area contributed by atoms with Crippen molar-refractivity contribution in [3.8, 4) is 0 Å². The van der Waals surface area contributed by atoms with Crippen molar-refractivity contribution in [1.29, 1.82) is 0 Å². The quantitative estimate of drug-likeness (QED) is 0.777. The number of carbonyl (C=O) groups is 1. The van der Waals surface area contributed by atoms with Gasteiger partial charge in [0.15, 0.2) is 0 Å².